The smallest absolute Gasteiger partial charge is 0.335 e. The van der Waals surface area contributed by atoms with Gasteiger partial charge in [-0.25, -0.2) is 13.2 Å². The fraction of sp³-hybridized carbons (Fsp3) is 0.417. The summed E-state index contributed by atoms with van der Waals surface area (Å²) in [7, 11) is -3.67. The van der Waals surface area contributed by atoms with Gasteiger partial charge in [-0.05, 0) is 38.1 Å². The predicted octanol–water partition coefficient (Wildman–Crippen LogP) is 1.14. The summed E-state index contributed by atoms with van der Waals surface area (Å²) in [4.78, 5) is 10.8. The van der Waals surface area contributed by atoms with E-state index in [4.69, 9.17) is 9.84 Å². The average Bonchev–Trinajstić information content (AvgIpc) is 2.69. The second-order valence-corrected chi connectivity index (χ2v) is 6.84. The largest absolute Gasteiger partial charge is 0.478 e. The van der Waals surface area contributed by atoms with Crippen LogP contribution in [-0.4, -0.2) is 42.7 Å². The van der Waals surface area contributed by atoms with Crippen molar-refractivity contribution in [1.82, 2.24) is 4.31 Å². The highest BCUT2D eigenvalue weighted by molar-refractivity contribution is 7.89. The first-order chi connectivity index (χ1) is 8.75. The number of hydrogen-bond donors (Lipinski definition) is 1. The van der Waals surface area contributed by atoms with Gasteiger partial charge in [0.1, 0.15) is 6.73 Å². The molecule has 7 heteroatoms. The average molecular weight is 285 g/mol. The molecule has 2 rings (SSSR count). The van der Waals surface area contributed by atoms with Crippen molar-refractivity contribution in [1.29, 1.82) is 0 Å². The Labute approximate surface area is 111 Å². The predicted molar refractivity (Wildman–Crippen MR) is 67.3 cm³/mol. The van der Waals surface area contributed by atoms with E-state index in [1.165, 1.54) is 28.6 Å². The second-order valence-electron chi connectivity index (χ2n) is 4.97. The van der Waals surface area contributed by atoms with Gasteiger partial charge in [0.15, 0.2) is 0 Å². The molecule has 104 valence electrons. The SMILES string of the molecule is CC1(C)COCN1S(=O)(=O)c1ccc(C(=O)O)cc1. The lowest BCUT2D eigenvalue weighted by molar-refractivity contribution is 0.0696. The van der Waals surface area contributed by atoms with Crippen LogP contribution in [0, 0.1) is 0 Å². The number of hydrogen-bond acceptors (Lipinski definition) is 4. The third-order valence-corrected chi connectivity index (χ3v) is 5.08. The molecule has 1 aliphatic rings. The Balaban J connectivity index is 2.37. The number of rotatable bonds is 3. The Kier molecular flexibility index (Phi) is 3.38. The van der Waals surface area contributed by atoms with Crippen LogP contribution in [0.1, 0.15) is 24.2 Å². The van der Waals surface area contributed by atoms with E-state index in [0.717, 1.165) is 0 Å². The molecule has 0 aliphatic carbocycles. The van der Waals surface area contributed by atoms with Crippen LogP contribution in [-0.2, 0) is 14.8 Å². The van der Waals surface area contributed by atoms with Crippen molar-refractivity contribution in [2.24, 2.45) is 0 Å². The van der Waals surface area contributed by atoms with Gasteiger partial charge in [-0.1, -0.05) is 0 Å². The Morgan fingerprint density at radius 3 is 2.32 bits per heavy atom. The van der Waals surface area contributed by atoms with Crippen molar-refractivity contribution >= 4 is 16.0 Å². The number of benzene rings is 1. The van der Waals surface area contributed by atoms with Gasteiger partial charge in [-0.15, -0.1) is 0 Å². The van der Waals surface area contributed by atoms with E-state index in [2.05, 4.69) is 0 Å². The Hall–Kier alpha value is -1.44. The maximum absolute atomic E-state index is 12.4. The molecule has 19 heavy (non-hydrogen) atoms. The maximum Gasteiger partial charge on any atom is 0.335 e. The Bertz CT molecular complexity index is 591. The van der Waals surface area contributed by atoms with Crippen molar-refractivity contribution in [3.05, 3.63) is 29.8 Å². The Morgan fingerprint density at radius 2 is 1.89 bits per heavy atom. The van der Waals surface area contributed by atoms with Crippen molar-refractivity contribution < 1.29 is 23.1 Å². The number of carboxylic acids is 1. The molecule has 0 atom stereocenters. The second kappa shape index (κ2) is 4.59. The molecule has 0 spiro atoms. The zero-order valence-corrected chi connectivity index (χ0v) is 11.5. The quantitative estimate of drug-likeness (QED) is 0.900. The minimum atomic E-state index is -3.67. The van der Waals surface area contributed by atoms with E-state index in [-0.39, 0.29) is 17.2 Å². The lowest BCUT2D eigenvalue weighted by atomic mass is 10.1. The number of nitrogens with zero attached hydrogens (tertiary/aromatic N) is 1. The summed E-state index contributed by atoms with van der Waals surface area (Å²) in [6.45, 7) is 3.90. The van der Waals surface area contributed by atoms with Crippen molar-refractivity contribution in [2.45, 2.75) is 24.3 Å². The van der Waals surface area contributed by atoms with Gasteiger partial charge >= 0.3 is 5.97 Å². The van der Waals surface area contributed by atoms with E-state index in [9.17, 15) is 13.2 Å². The molecule has 0 unspecified atom stereocenters. The van der Waals surface area contributed by atoms with E-state index in [1.54, 1.807) is 13.8 Å². The summed E-state index contributed by atoms with van der Waals surface area (Å²) >= 11 is 0. The number of carboxylic acid groups (broad SMARTS) is 1. The van der Waals surface area contributed by atoms with E-state index in [1.807, 2.05) is 0 Å². The molecular weight excluding hydrogens is 270 g/mol. The Morgan fingerprint density at radius 1 is 1.32 bits per heavy atom. The van der Waals surface area contributed by atoms with Crippen molar-refractivity contribution in [3.8, 4) is 0 Å². The van der Waals surface area contributed by atoms with Gasteiger partial charge < -0.3 is 9.84 Å². The molecule has 1 aromatic rings. The van der Waals surface area contributed by atoms with Gasteiger partial charge in [0.25, 0.3) is 0 Å². The fourth-order valence-electron chi connectivity index (χ4n) is 1.92. The highest BCUT2D eigenvalue weighted by Crippen LogP contribution is 2.29. The molecule has 1 aliphatic heterocycles. The molecule has 1 saturated heterocycles. The number of carbonyl (C=O) groups is 1. The molecule has 0 amide bonds. The van der Waals surface area contributed by atoms with Crippen molar-refractivity contribution in [2.75, 3.05) is 13.3 Å². The fourth-order valence-corrected chi connectivity index (χ4v) is 3.57. The minimum absolute atomic E-state index is 0.00994. The van der Waals surface area contributed by atoms with Crippen LogP contribution in [0.4, 0.5) is 0 Å². The highest BCUT2D eigenvalue weighted by atomic mass is 32.2. The summed E-state index contributed by atoms with van der Waals surface area (Å²) in [5, 5.41) is 8.79. The third kappa shape index (κ3) is 2.49. The molecule has 0 saturated carbocycles. The van der Waals surface area contributed by atoms with Gasteiger partial charge in [-0.3, -0.25) is 0 Å². The van der Waals surface area contributed by atoms with Gasteiger partial charge in [0.05, 0.1) is 22.6 Å². The molecule has 1 aromatic carbocycles. The van der Waals surface area contributed by atoms with Crippen LogP contribution in [0.5, 0.6) is 0 Å². The molecule has 1 heterocycles. The van der Waals surface area contributed by atoms with E-state index in [0.29, 0.717) is 6.61 Å². The minimum Gasteiger partial charge on any atom is -0.478 e. The van der Waals surface area contributed by atoms with Gasteiger partial charge in [0.2, 0.25) is 10.0 Å². The zero-order valence-electron chi connectivity index (χ0n) is 10.7. The normalized spacial score (nSPS) is 19.5. The molecule has 6 nitrogen and oxygen atoms in total. The number of ether oxygens (including phenoxy) is 1. The standard InChI is InChI=1S/C12H15NO5S/c1-12(2)7-18-8-13(12)19(16,17)10-5-3-9(4-6-10)11(14)15/h3-6H,7-8H2,1-2H3,(H,14,15). The maximum atomic E-state index is 12.4. The van der Waals surface area contributed by atoms with Gasteiger partial charge in [-0.2, -0.15) is 4.31 Å². The number of sulfonamides is 1. The molecule has 0 radical (unpaired) electrons. The molecule has 0 aromatic heterocycles. The first kappa shape index (κ1) is 14.0. The zero-order chi connectivity index (χ0) is 14.3. The van der Waals surface area contributed by atoms with Crippen LogP contribution < -0.4 is 0 Å². The van der Waals surface area contributed by atoms with Crippen LogP contribution >= 0.6 is 0 Å². The first-order valence-electron chi connectivity index (χ1n) is 5.69. The van der Waals surface area contributed by atoms with Crippen LogP contribution in [0.25, 0.3) is 0 Å². The summed E-state index contributed by atoms with van der Waals surface area (Å²) in [5.74, 6) is -1.09. The van der Waals surface area contributed by atoms with Crippen LogP contribution in [0.15, 0.2) is 29.2 Å². The third-order valence-electron chi connectivity index (χ3n) is 3.03. The molecular formula is C12H15NO5S. The summed E-state index contributed by atoms with van der Waals surface area (Å²) in [5.41, 5.74) is -0.555. The summed E-state index contributed by atoms with van der Waals surface area (Å²) < 4.78 is 31.3. The van der Waals surface area contributed by atoms with Crippen LogP contribution in [0.3, 0.4) is 0 Å². The molecule has 1 fully saturated rings. The topological polar surface area (TPSA) is 83.9 Å². The lowest BCUT2D eigenvalue weighted by Crippen LogP contribution is -2.44. The van der Waals surface area contributed by atoms with Crippen LogP contribution in [0.2, 0.25) is 0 Å². The molecule has 0 bridgehead atoms. The van der Waals surface area contributed by atoms with Gasteiger partial charge in [0, 0.05) is 0 Å². The first-order valence-corrected chi connectivity index (χ1v) is 7.13. The number of aromatic carboxylic acids is 1. The highest BCUT2D eigenvalue weighted by Gasteiger charge is 2.42. The summed E-state index contributed by atoms with van der Waals surface area (Å²) in [6, 6.07) is 5.15. The monoisotopic (exact) mass is 285 g/mol. The van der Waals surface area contributed by atoms with Crippen molar-refractivity contribution in [3.63, 3.8) is 0 Å². The molecule has 1 N–H and O–H groups in total. The van der Waals surface area contributed by atoms with E-state index >= 15 is 0 Å². The van der Waals surface area contributed by atoms with E-state index < -0.39 is 21.5 Å². The lowest BCUT2D eigenvalue weighted by Gasteiger charge is -2.28. The summed E-state index contributed by atoms with van der Waals surface area (Å²) in [6.07, 6.45) is 0.